The third kappa shape index (κ3) is 2.00. The zero-order valence-electron chi connectivity index (χ0n) is 9.88. The van der Waals surface area contributed by atoms with Crippen LogP contribution in [-0.2, 0) is 0 Å². The highest BCUT2D eigenvalue weighted by Gasteiger charge is 2.25. The number of nitrogens with zero attached hydrogens (tertiary/aromatic N) is 1. The molecule has 0 bridgehead atoms. The van der Waals surface area contributed by atoms with Crippen LogP contribution in [0.5, 0.6) is 0 Å². The Morgan fingerprint density at radius 3 is 3.00 bits per heavy atom. The van der Waals surface area contributed by atoms with E-state index in [9.17, 15) is 0 Å². The summed E-state index contributed by atoms with van der Waals surface area (Å²) in [5.74, 6) is 0.657. The summed E-state index contributed by atoms with van der Waals surface area (Å²) in [6.45, 7) is 7.63. The molecule has 2 heteroatoms. The Hall–Kier alpha value is -1.02. The van der Waals surface area contributed by atoms with Crippen molar-refractivity contribution in [3.8, 4) is 0 Å². The molecule has 2 nitrogen and oxygen atoms in total. The standard InChI is InChI=1S/C13H20N2/c1-4-14-8-11-9-15(3)13-6-5-10(2)7-12(11)13/h5-7,11,14H,4,8-9H2,1-3H3/t11-/m0/s1. The van der Waals surface area contributed by atoms with E-state index in [2.05, 4.69) is 49.3 Å². The third-order valence-electron chi connectivity index (χ3n) is 3.17. The minimum absolute atomic E-state index is 0.657. The summed E-state index contributed by atoms with van der Waals surface area (Å²) in [4.78, 5) is 2.36. The first-order chi connectivity index (χ1) is 7.22. The average Bonchev–Trinajstić information content (AvgIpc) is 2.52. The second kappa shape index (κ2) is 4.23. The number of rotatable bonds is 3. The lowest BCUT2D eigenvalue weighted by molar-refractivity contribution is 0.618. The van der Waals surface area contributed by atoms with Crippen LogP contribution < -0.4 is 10.2 Å². The monoisotopic (exact) mass is 204 g/mol. The molecule has 15 heavy (non-hydrogen) atoms. The lowest BCUT2D eigenvalue weighted by atomic mass is 9.99. The predicted molar refractivity (Wildman–Crippen MR) is 65.7 cm³/mol. The van der Waals surface area contributed by atoms with E-state index in [1.807, 2.05) is 0 Å². The highest BCUT2D eigenvalue weighted by molar-refractivity contribution is 5.60. The number of aryl methyl sites for hydroxylation is 1. The van der Waals surface area contributed by atoms with Gasteiger partial charge in [0.2, 0.25) is 0 Å². The van der Waals surface area contributed by atoms with Gasteiger partial charge in [0.05, 0.1) is 0 Å². The lowest BCUT2D eigenvalue weighted by Gasteiger charge is -2.12. The molecular weight excluding hydrogens is 184 g/mol. The molecule has 1 aliphatic rings. The molecule has 1 aromatic rings. The Balaban J connectivity index is 2.23. The summed E-state index contributed by atoms with van der Waals surface area (Å²) in [5.41, 5.74) is 4.28. The molecule has 0 aromatic heterocycles. The second-order valence-electron chi connectivity index (χ2n) is 4.45. The van der Waals surface area contributed by atoms with Crippen molar-refractivity contribution in [2.24, 2.45) is 0 Å². The van der Waals surface area contributed by atoms with Crippen molar-refractivity contribution in [1.82, 2.24) is 5.32 Å². The van der Waals surface area contributed by atoms with E-state index in [-0.39, 0.29) is 0 Å². The van der Waals surface area contributed by atoms with Crippen molar-refractivity contribution in [3.05, 3.63) is 29.3 Å². The number of anilines is 1. The fourth-order valence-corrected chi connectivity index (χ4v) is 2.37. The smallest absolute Gasteiger partial charge is 0.0400 e. The highest BCUT2D eigenvalue weighted by atomic mass is 15.1. The van der Waals surface area contributed by atoms with E-state index in [1.165, 1.54) is 16.8 Å². The molecule has 0 aliphatic carbocycles. The lowest BCUT2D eigenvalue weighted by Crippen LogP contribution is -2.24. The second-order valence-corrected chi connectivity index (χ2v) is 4.45. The van der Waals surface area contributed by atoms with Gasteiger partial charge in [-0.15, -0.1) is 0 Å². The highest BCUT2D eigenvalue weighted by Crippen LogP contribution is 2.35. The molecule has 0 saturated heterocycles. The molecule has 1 atom stereocenters. The van der Waals surface area contributed by atoms with Crippen molar-refractivity contribution in [3.63, 3.8) is 0 Å². The SMILES string of the molecule is CCNC[C@H]1CN(C)c2ccc(C)cc21. The van der Waals surface area contributed by atoms with Crippen LogP contribution in [-0.4, -0.2) is 26.7 Å². The van der Waals surface area contributed by atoms with Crippen molar-refractivity contribution in [2.45, 2.75) is 19.8 Å². The molecule has 1 heterocycles. The number of nitrogens with one attached hydrogen (secondary N) is 1. The summed E-state index contributed by atoms with van der Waals surface area (Å²) in [6.07, 6.45) is 0. The number of hydrogen-bond donors (Lipinski definition) is 1. The van der Waals surface area contributed by atoms with Gasteiger partial charge < -0.3 is 10.2 Å². The van der Waals surface area contributed by atoms with Gasteiger partial charge in [-0.3, -0.25) is 0 Å². The molecule has 1 N–H and O–H groups in total. The summed E-state index contributed by atoms with van der Waals surface area (Å²) >= 11 is 0. The molecule has 0 unspecified atom stereocenters. The fraction of sp³-hybridized carbons (Fsp3) is 0.538. The Labute approximate surface area is 92.3 Å². The van der Waals surface area contributed by atoms with Crippen LogP contribution >= 0.6 is 0 Å². The van der Waals surface area contributed by atoms with E-state index in [4.69, 9.17) is 0 Å². The number of benzene rings is 1. The number of likely N-dealkylation sites (N-methyl/N-ethyl adjacent to an activating group) is 2. The van der Waals surface area contributed by atoms with Gasteiger partial charge in [0.25, 0.3) is 0 Å². The fourth-order valence-electron chi connectivity index (χ4n) is 2.37. The molecule has 1 aromatic carbocycles. The molecule has 82 valence electrons. The molecule has 1 aliphatic heterocycles. The molecule has 0 saturated carbocycles. The molecular formula is C13H20N2. The van der Waals surface area contributed by atoms with Gasteiger partial charge in [-0.25, -0.2) is 0 Å². The van der Waals surface area contributed by atoms with E-state index < -0.39 is 0 Å². The van der Waals surface area contributed by atoms with E-state index in [0.29, 0.717) is 5.92 Å². The van der Waals surface area contributed by atoms with Crippen molar-refractivity contribution in [2.75, 3.05) is 31.6 Å². The van der Waals surface area contributed by atoms with Gasteiger partial charge >= 0.3 is 0 Å². The van der Waals surface area contributed by atoms with E-state index in [0.717, 1.165) is 19.6 Å². The van der Waals surface area contributed by atoms with Gasteiger partial charge in [-0.2, -0.15) is 0 Å². The minimum Gasteiger partial charge on any atom is -0.374 e. The van der Waals surface area contributed by atoms with Crippen LogP contribution in [0.1, 0.15) is 24.0 Å². The first-order valence-electron chi connectivity index (χ1n) is 5.74. The van der Waals surface area contributed by atoms with Crippen LogP contribution in [0.2, 0.25) is 0 Å². The quantitative estimate of drug-likeness (QED) is 0.811. The number of fused-ring (bicyclic) bond motifs is 1. The Morgan fingerprint density at radius 2 is 2.27 bits per heavy atom. The Kier molecular flexibility index (Phi) is 2.96. The normalized spacial score (nSPS) is 19.4. The Bertz CT molecular complexity index is 346. The first kappa shape index (κ1) is 10.5. The predicted octanol–water partition coefficient (Wildman–Crippen LogP) is 2.14. The largest absolute Gasteiger partial charge is 0.374 e. The molecule has 0 spiro atoms. The maximum atomic E-state index is 3.44. The summed E-state index contributed by atoms with van der Waals surface area (Å²) in [5, 5.41) is 3.44. The van der Waals surface area contributed by atoms with E-state index >= 15 is 0 Å². The van der Waals surface area contributed by atoms with Crippen LogP contribution in [0.3, 0.4) is 0 Å². The van der Waals surface area contributed by atoms with E-state index in [1.54, 1.807) is 0 Å². The Morgan fingerprint density at radius 1 is 1.47 bits per heavy atom. The number of hydrogen-bond acceptors (Lipinski definition) is 2. The molecule has 2 rings (SSSR count). The zero-order valence-corrected chi connectivity index (χ0v) is 9.88. The van der Waals surface area contributed by atoms with Gasteiger partial charge in [-0.05, 0) is 25.1 Å². The first-order valence-corrected chi connectivity index (χ1v) is 5.74. The van der Waals surface area contributed by atoms with Crippen LogP contribution in [0, 0.1) is 6.92 Å². The molecule has 0 fully saturated rings. The van der Waals surface area contributed by atoms with Crippen LogP contribution in [0.25, 0.3) is 0 Å². The average molecular weight is 204 g/mol. The van der Waals surface area contributed by atoms with Gasteiger partial charge in [0, 0.05) is 31.7 Å². The zero-order chi connectivity index (χ0) is 10.8. The van der Waals surface area contributed by atoms with Crippen LogP contribution in [0.15, 0.2) is 18.2 Å². The molecule has 0 radical (unpaired) electrons. The minimum atomic E-state index is 0.657. The van der Waals surface area contributed by atoms with Crippen LogP contribution in [0.4, 0.5) is 5.69 Å². The van der Waals surface area contributed by atoms with Gasteiger partial charge in [0.15, 0.2) is 0 Å². The maximum Gasteiger partial charge on any atom is 0.0400 e. The summed E-state index contributed by atoms with van der Waals surface area (Å²) in [7, 11) is 2.18. The van der Waals surface area contributed by atoms with Crippen molar-refractivity contribution >= 4 is 5.69 Å². The topological polar surface area (TPSA) is 15.3 Å². The summed E-state index contributed by atoms with van der Waals surface area (Å²) < 4.78 is 0. The van der Waals surface area contributed by atoms with Crippen molar-refractivity contribution in [1.29, 1.82) is 0 Å². The van der Waals surface area contributed by atoms with Crippen molar-refractivity contribution < 1.29 is 0 Å². The third-order valence-corrected chi connectivity index (χ3v) is 3.17. The van der Waals surface area contributed by atoms with Gasteiger partial charge in [-0.1, -0.05) is 24.6 Å². The maximum absolute atomic E-state index is 3.44. The summed E-state index contributed by atoms with van der Waals surface area (Å²) in [6, 6.07) is 6.78. The molecule has 0 amide bonds. The van der Waals surface area contributed by atoms with Gasteiger partial charge in [0.1, 0.15) is 0 Å².